The van der Waals surface area contributed by atoms with Gasteiger partial charge in [0, 0.05) is 22.3 Å². The van der Waals surface area contributed by atoms with Crippen LogP contribution < -0.4 is 30.8 Å². The van der Waals surface area contributed by atoms with Crippen LogP contribution in [0.15, 0.2) is 51.6 Å². The fourth-order valence-corrected chi connectivity index (χ4v) is 4.52. The minimum Gasteiger partial charge on any atom is -0.493 e. The summed E-state index contributed by atoms with van der Waals surface area (Å²) in [6, 6.07) is 10.6. The average Bonchev–Trinajstić information content (AvgIpc) is 3.08. The lowest BCUT2D eigenvalue weighted by Gasteiger charge is -2.29. The highest BCUT2D eigenvalue weighted by atomic mass is 16.5. The molecule has 2 aromatic carbocycles. The predicted molar refractivity (Wildman–Crippen MR) is 117 cm³/mol. The van der Waals surface area contributed by atoms with Crippen LogP contribution in [0.4, 0.5) is 5.82 Å². The third-order valence-electron chi connectivity index (χ3n) is 5.81. The monoisotopic (exact) mass is 433 g/mol. The van der Waals surface area contributed by atoms with Gasteiger partial charge in [-0.1, -0.05) is 30.3 Å². The molecule has 2 aliphatic rings. The van der Waals surface area contributed by atoms with Gasteiger partial charge in [0.2, 0.25) is 5.75 Å². The van der Waals surface area contributed by atoms with Crippen molar-refractivity contribution in [2.75, 3.05) is 26.6 Å². The van der Waals surface area contributed by atoms with Crippen LogP contribution in [-0.2, 0) is 0 Å². The summed E-state index contributed by atoms with van der Waals surface area (Å²) in [6.45, 7) is 0. The molecule has 1 aliphatic heterocycles. The molecule has 1 atom stereocenters. The SMILES string of the molecule is COc1ccc([C@H]2C3=C(Nc4[nH]c(=O)[nH]c(=O)c42)c2ccccc2C3=O)c(OC)c1OC. The molecule has 0 radical (unpaired) electrons. The lowest BCUT2D eigenvalue weighted by molar-refractivity contribution is 0.103. The number of Topliss-reactive ketones (excluding diaryl/α,β-unsaturated/α-hetero) is 1. The maximum atomic E-state index is 13.5. The van der Waals surface area contributed by atoms with Crippen molar-refractivity contribution >= 4 is 17.3 Å². The Balaban J connectivity index is 1.87. The summed E-state index contributed by atoms with van der Waals surface area (Å²) in [6.07, 6.45) is 0. The van der Waals surface area contributed by atoms with Crippen molar-refractivity contribution in [3.63, 3.8) is 0 Å². The van der Waals surface area contributed by atoms with Gasteiger partial charge >= 0.3 is 5.69 Å². The molecule has 2 heterocycles. The molecule has 0 saturated heterocycles. The van der Waals surface area contributed by atoms with E-state index in [-0.39, 0.29) is 17.2 Å². The number of nitrogens with one attached hydrogen (secondary N) is 3. The number of aromatic amines is 2. The van der Waals surface area contributed by atoms with Crippen LogP contribution in [0.3, 0.4) is 0 Å². The highest BCUT2D eigenvalue weighted by Crippen LogP contribution is 2.52. The highest BCUT2D eigenvalue weighted by Gasteiger charge is 2.43. The second kappa shape index (κ2) is 7.16. The van der Waals surface area contributed by atoms with Crippen molar-refractivity contribution in [1.29, 1.82) is 0 Å². The van der Waals surface area contributed by atoms with Gasteiger partial charge in [-0.05, 0) is 6.07 Å². The first-order valence-electron chi connectivity index (χ1n) is 9.80. The number of carbonyl (C=O) groups is 1. The van der Waals surface area contributed by atoms with Crippen LogP contribution >= 0.6 is 0 Å². The Hall–Kier alpha value is -4.27. The quantitative estimate of drug-likeness (QED) is 0.577. The first-order valence-corrected chi connectivity index (χ1v) is 9.80. The number of ether oxygens (including phenoxy) is 3. The van der Waals surface area contributed by atoms with E-state index in [4.69, 9.17) is 14.2 Å². The summed E-state index contributed by atoms with van der Waals surface area (Å²) in [5, 5.41) is 3.10. The molecule has 5 rings (SSSR count). The third-order valence-corrected chi connectivity index (χ3v) is 5.81. The molecule has 162 valence electrons. The van der Waals surface area contributed by atoms with E-state index >= 15 is 0 Å². The summed E-state index contributed by atoms with van der Waals surface area (Å²) >= 11 is 0. The number of methoxy groups -OCH3 is 3. The molecule has 3 aromatic rings. The normalized spacial score (nSPS) is 16.1. The molecule has 0 fully saturated rings. The fourth-order valence-electron chi connectivity index (χ4n) is 4.52. The van der Waals surface area contributed by atoms with Gasteiger partial charge in [0.1, 0.15) is 5.82 Å². The summed E-state index contributed by atoms with van der Waals surface area (Å²) in [4.78, 5) is 43.4. The van der Waals surface area contributed by atoms with E-state index in [0.717, 1.165) is 0 Å². The Bertz CT molecular complexity index is 1430. The van der Waals surface area contributed by atoms with E-state index in [1.807, 2.05) is 12.1 Å². The topological polar surface area (TPSA) is 123 Å². The molecule has 32 heavy (non-hydrogen) atoms. The first kappa shape index (κ1) is 19.7. The van der Waals surface area contributed by atoms with Crippen molar-refractivity contribution in [2.24, 2.45) is 0 Å². The fraction of sp³-hybridized carbons (Fsp3) is 0.174. The number of anilines is 1. The maximum Gasteiger partial charge on any atom is 0.327 e. The zero-order valence-electron chi connectivity index (χ0n) is 17.5. The van der Waals surface area contributed by atoms with Gasteiger partial charge in [-0.2, -0.15) is 0 Å². The number of benzene rings is 2. The standard InChI is InChI=1S/C23H19N3O6/c1-30-13-9-8-12(19(31-2)20(13)32-3)14-15-17(10-6-4-5-7-11(10)18(15)27)24-21-16(14)22(28)26-23(29)25-21/h4-9,14H,1-3H3,(H3,24,25,26,28,29)/t14-/m0/s1. The van der Waals surface area contributed by atoms with Crippen LogP contribution in [0.5, 0.6) is 17.2 Å². The van der Waals surface area contributed by atoms with Gasteiger partial charge < -0.3 is 19.5 Å². The second-order valence-corrected chi connectivity index (χ2v) is 7.34. The van der Waals surface area contributed by atoms with E-state index < -0.39 is 17.2 Å². The zero-order valence-corrected chi connectivity index (χ0v) is 17.5. The van der Waals surface area contributed by atoms with Crippen LogP contribution in [0.1, 0.15) is 33.0 Å². The maximum absolute atomic E-state index is 13.5. The third kappa shape index (κ3) is 2.60. The molecule has 3 N–H and O–H groups in total. The Labute approximate surface area is 181 Å². The van der Waals surface area contributed by atoms with Crippen LogP contribution in [0.2, 0.25) is 0 Å². The average molecular weight is 433 g/mol. The molecule has 9 nitrogen and oxygen atoms in total. The molecule has 0 spiro atoms. The molecular weight excluding hydrogens is 414 g/mol. The Morgan fingerprint density at radius 1 is 0.812 bits per heavy atom. The van der Waals surface area contributed by atoms with Crippen molar-refractivity contribution in [1.82, 2.24) is 9.97 Å². The smallest absolute Gasteiger partial charge is 0.327 e. The minimum atomic E-state index is -0.823. The van der Waals surface area contributed by atoms with Gasteiger partial charge in [0.25, 0.3) is 5.56 Å². The van der Waals surface area contributed by atoms with E-state index in [0.29, 0.717) is 45.2 Å². The number of hydrogen-bond donors (Lipinski definition) is 3. The van der Waals surface area contributed by atoms with Gasteiger partial charge in [-0.3, -0.25) is 19.6 Å². The van der Waals surface area contributed by atoms with Crippen LogP contribution in [-0.4, -0.2) is 37.1 Å². The van der Waals surface area contributed by atoms with Crippen molar-refractivity contribution < 1.29 is 19.0 Å². The Kier molecular flexibility index (Phi) is 4.40. The van der Waals surface area contributed by atoms with E-state index in [1.54, 1.807) is 24.3 Å². The Morgan fingerprint density at radius 2 is 1.53 bits per heavy atom. The molecule has 0 bridgehead atoms. The number of fused-ring (bicyclic) bond motifs is 3. The van der Waals surface area contributed by atoms with E-state index in [9.17, 15) is 14.4 Å². The predicted octanol–water partition coefficient (Wildman–Crippen LogP) is 2.25. The second-order valence-electron chi connectivity index (χ2n) is 7.34. The molecular formula is C23H19N3O6. The Morgan fingerprint density at radius 3 is 2.22 bits per heavy atom. The van der Waals surface area contributed by atoms with E-state index in [2.05, 4.69) is 15.3 Å². The van der Waals surface area contributed by atoms with Gasteiger partial charge in [0.05, 0.1) is 38.5 Å². The number of ketones is 1. The number of hydrogen-bond acceptors (Lipinski definition) is 7. The lowest BCUT2D eigenvalue weighted by atomic mass is 9.81. The molecule has 1 aromatic heterocycles. The molecule has 0 saturated carbocycles. The molecule has 9 heteroatoms. The molecule has 0 amide bonds. The molecule has 1 aliphatic carbocycles. The zero-order chi connectivity index (χ0) is 22.6. The van der Waals surface area contributed by atoms with Gasteiger partial charge in [0.15, 0.2) is 17.3 Å². The number of allylic oxidation sites excluding steroid dienone is 1. The minimum absolute atomic E-state index is 0.204. The van der Waals surface area contributed by atoms with Crippen LogP contribution in [0, 0.1) is 0 Å². The summed E-state index contributed by atoms with van der Waals surface area (Å²) < 4.78 is 16.6. The summed E-state index contributed by atoms with van der Waals surface area (Å²) in [7, 11) is 4.45. The van der Waals surface area contributed by atoms with E-state index in [1.165, 1.54) is 21.3 Å². The van der Waals surface area contributed by atoms with Gasteiger partial charge in [-0.15, -0.1) is 0 Å². The number of H-pyrrole nitrogens is 2. The number of carbonyl (C=O) groups excluding carboxylic acids is 1. The summed E-state index contributed by atoms with van der Waals surface area (Å²) in [5.41, 5.74) is 1.62. The van der Waals surface area contributed by atoms with Crippen LogP contribution in [0.25, 0.3) is 5.70 Å². The van der Waals surface area contributed by atoms with Crippen molar-refractivity contribution in [3.05, 3.63) is 85.1 Å². The summed E-state index contributed by atoms with van der Waals surface area (Å²) in [5.74, 6) is 0.291. The van der Waals surface area contributed by atoms with Crippen molar-refractivity contribution in [2.45, 2.75) is 5.92 Å². The first-order chi connectivity index (χ1) is 15.5. The highest BCUT2D eigenvalue weighted by molar-refractivity contribution is 6.23. The number of rotatable bonds is 4. The van der Waals surface area contributed by atoms with Gasteiger partial charge in [-0.25, -0.2) is 4.79 Å². The number of aromatic nitrogens is 2. The lowest BCUT2D eigenvalue weighted by Crippen LogP contribution is -2.33. The largest absolute Gasteiger partial charge is 0.493 e. The molecule has 0 unspecified atom stereocenters. The van der Waals surface area contributed by atoms with Crippen molar-refractivity contribution in [3.8, 4) is 17.2 Å².